The van der Waals surface area contributed by atoms with Crippen molar-refractivity contribution >= 4 is 17.4 Å². The van der Waals surface area contributed by atoms with E-state index in [1.165, 1.54) is 0 Å². The number of amidine groups is 1. The molecule has 1 aliphatic carbocycles. The fourth-order valence-electron chi connectivity index (χ4n) is 2.58. The van der Waals surface area contributed by atoms with Gasteiger partial charge >= 0.3 is 0 Å². The van der Waals surface area contributed by atoms with Gasteiger partial charge in [-0.3, -0.25) is 4.79 Å². The summed E-state index contributed by atoms with van der Waals surface area (Å²) in [6.45, 7) is 1.86. The first kappa shape index (κ1) is 13.4. The molecule has 4 N–H and O–H groups in total. The molecule has 0 aliphatic heterocycles. The number of benzene rings is 1. The normalized spacial score (nSPS) is 16.6. The molecule has 1 aromatic carbocycles. The van der Waals surface area contributed by atoms with Gasteiger partial charge in [0.15, 0.2) is 5.84 Å². The molecule has 0 spiro atoms. The van der Waals surface area contributed by atoms with Crippen LogP contribution in [-0.4, -0.2) is 17.0 Å². The van der Waals surface area contributed by atoms with Gasteiger partial charge in [-0.15, -0.1) is 0 Å². The lowest BCUT2D eigenvalue weighted by atomic mass is 10.0. The zero-order valence-corrected chi connectivity index (χ0v) is 11.0. The second-order valence-corrected chi connectivity index (χ2v) is 4.95. The zero-order chi connectivity index (χ0) is 13.8. The van der Waals surface area contributed by atoms with E-state index in [1.54, 1.807) is 6.07 Å². The third-order valence-corrected chi connectivity index (χ3v) is 3.62. The van der Waals surface area contributed by atoms with Crippen molar-refractivity contribution in [1.29, 1.82) is 0 Å². The Balaban J connectivity index is 2.24. The van der Waals surface area contributed by atoms with Crippen LogP contribution in [0.25, 0.3) is 0 Å². The van der Waals surface area contributed by atoms with Crippen molar-refractivity contribution in [2.24, 2.45) is 16.8 Å². The average molecular weight is 261 g/mol. The van der Waals surface area contributed by atoms with E-state index in [2.05, 4.69) is 10.5 Å². The number of amides is 1. The molecule has 5 nitrogen and oxygen atoms in total. The molecular weight excluding hydrogens is 242 g/mol. The topological polar surface area (TPSA) is 87.7 Å². The van der Waals surface area contributed by atoms with Crippen LogP contribution in [0.5, 0.6) is 0 Å². The molecule has 0 bridgehead atoms. The molecule has 1 aliphatic rings. The summed E-state index contributed by atoms with van der Waals surface area (Å²) in [5.74, 6) is 0.121. The molecule has 0 unspecified atom stereocenters. The Bertz CT molecular complexity index is 505. The van der Waals surface area contributed by atoms with E-state index in [-0.39, 0.29) is 17.7 Å². The van der Waals surface area contributed by atoms with Crippen molar-refractivity contribution in [1.82, 2.24) is 0 Å². The van der Waals surface area contributed by atoms with Crippen LogP contribution in [0, 0.1) is 12.8 Å². The van der Waals surface area contributed by atoms with Crippen LogP contribution in [0.2, 0.25) is 0 Å². The third kappa shape index (κ3) is 2.86. The summed E-state index contributed by atoms with van der Waals surface area (Å²) in [5, 5.41) is 14.8. The summed E-state index contributed by atoms with van der Waals surface area (Å²) < 4.78 is 0. The Kier molecular flexibility index (Phi) is 4.04. The summed E-state index contributed by atoms with van der Waals surface area (Å²) in [4.78, 5) is 12.1. The highest BCUT2D eigenvalue weighted by Crippen LogP contribution is 2.27. The van der Waals surface area contributed by atoms with Gasteiger partial charge in [0.25, 0.3) is 0 Å². The Morgan fingerprint density at radius 1 is 1.42 bits per heavy atom. The van der Waals surface area contributed by atoms with E-state index in [0.29, 0.717) is 11.3 Å². The predicted molar refractivity (Wildman–Crippen MR) is 74.3 cm³/mol. The molecule has 0 aromatic heterocycles. The molecule has 1 fully saturated rings. The minimum atomic E-state index is 0.0137. The molecule has 1 saturated carbocycles. The Hall–Kier alpha value is -2.04. The van der Waals surface area contributed by atoms with Crippen LogP contribution in [0.3, 0.4) is 0 Å². The number of nitrogens with zero attached hydrogens (tertiary/aromatic N) is 1. The van der Waals surface area contributed by atoms with Gasteiger partial charge in [0.05, 0.1) is 5.69 Å². The molecular formula is C14H19N3O2. The summed E-state index contributed by atoms with van der Waals surface area (Å²) in [6.07, 6.45) is 4.10. The number of carbonyl (C=O) groups excluding carboxylic acids is 1. The van der Waals surface area contributed by atoms with Gasteiger partial charge in [-0.1, -0.05) is 30.1 Å². The number of hydrogen-bond acceptors (Lipinski definition) is 3. The molecule has 0 saturated heterocycles. The fraction of sp³-hybridized carbons (Fsp3) is 0.429. The number of oxime groups is 1. The summed E-state index contributed by atoms with van der Waals surface area (Å²) in [6, 6.07) is 5.47. The molecule has 0 atom stereocenters. The number of nitrogens with one attached hydrogen (secondary N) is 1. The molecule has 1 aromatic rings. The maximum absolute atomic E-state index is 12.1. The molecule has 5 heteroatoms. The van der Waals surface area contributed by atoms with Crippen LogP contribution in [-0.2, 0) is 4.79 Å². The maximum Gasteiger partial charge on any atom is 0.227 e. The maximum atomic E-state index is 12.1. The van der Waals surface area contributed by atoms with Gasteiger partial charge in [0.1, 0.15) is 0 Å². The average Bonchev–Trinajstić information content (AvgIpc) is 2.92. The second kappa shape index (κ2) is 5.73. The van der Waals surface area contributed by atoms with E-state index in [1.807, 2.05) is 19.1 Å². The fourth-order valence-corrected chi connectivity index (χ4v) is 2.58. The Morgan fingerprint density at radius 3 is 2.74 bits per heavy atom. The third-order valence-electron chi connectivity index (χ3n) is 3.62. The minimum absolute atomic E-state index is 0.0137. The second-order valence-electron chi connectivity index (χ2n) is 4.95. The van der Waals surface area contributed by atoms with Crippen LogP contribution in [0.1, 0.15) is 36.8 Å². The van der Waals surface area contributed by atoms with Gasteiger partial charge in [-0.2, -0.15) is 0 Å². The monoisotopic (exact) mass is 261 g/mol. The molecule has 19 heavy (non-hydrogen) atoms. The van der Waals surface area contributed by atoms with Crippen molar-refractivity contribution in [2.45, 2.75) is 32.6 Å². The number of nitrogens with two attached hydrogens (primary N) is 1. The summed E-state index contributed by atoms with van der Waals surface area (Å²) >= 11 is 0. The van der Waals surface area contributed by atoms with Crippen LogP contribution in [0.15, 0.2) is 23.4 Å². The lowest BCUT2D eigenvalue weighted by molar-refractivity contribution is -0.119. The SMILES string of the molecule is Cc1cccc(NC(=O)C2CCCC2)c1/C(N)=N/O. The van der Waals surface area contributed by atoms with E-state index in [4.69, 9.17) is 10.9 Å². The van der Waals surface area contributed by atoms with E-state index >= 15 is 0 Å². The Labute approximate surface area is 112 Å². The number of anilines is 1. The van der Waals surface area contributed by atoms with E-state index < -0.39 is 0 Å². The number of aryl methyl sites for hydroxylation is 1. The first-order valence-electron chi connectivity index (χ1n) is 6.52. The highest BCUT2D eigenvalue weighted by Gasteiger charge is 2.23. The van der Waals surface area contributed by atoms with Crippen molar-refractivity contribution in [3.63, 3.8) is 0 Å². The Morgan fingerprint density at radius 2 is 2.11 bits per heavy atom. The molecule has 2 rings (SSSR count). The van der Waals surface area contributed by atoms with Crippen molar-refractivity contribution in [2.75, 3.05) is 5.32 Å². The predicted octanol–water partition coefficient (Wildman–Crippen LogP) is 2.22. The van der Waals surface area contributed by atoms with Gasteiger partial charge in [-0.25, -0.2) is 0 Å². The highest BCUT2D eigenvalue weighted by molar-refractivity contribution is 6.06. The van der Waals surface area contributed by atoms with Gasteiger partial charge in [-0.05, 0) is 31.4 Å². The standard InChI is InChI=1S/C14H19N3O2/c1-9-5-4-8-11(12(9)13(15)17-19)16-14(18)10-6-2-3-7-10/h4-5,8,10,19H,2-3,6-7H2,1H3,(H2,15,17)(H,16,18). The first-order chi connectivity index (χ1) is 9.13. The van der Waals surface area contributed by atoms with Crippen LogP contribution in [0.4, 0.5) is 5.69 Å². The van der Waals surface area contributed by atoms with Gasteiger partial charge in [0, 0.05) is 11.5 Å². The largest absolute Gasteiger partial charge is 0.409 e. The summed E-state index contributed by atoms with van der Waals surface area (Å²) in [5.41, 5.74) is 7.72. The molecule has 1 amide bonds. The van der Waals surface area contributed by atoms with Crippen LogP contribution < -0.4 is 11.1 Å². The van der Waals surface area contributed by atoms with E-state index in [9.17, 15) is 4.79 Å². The van der Waals surface area contributed by atoms with Crippen LogP contribution >= 0.6 is 0 Å². The lowest BCUT2D eigenvalue weighted by Gasteiger charge is -2.15. The zero-order valence-electron chi connectivity index (χ0n) is 11.0. The van der Waals surface area contributed by atoms with Gasteiger partial charge < -0.3 is 16.3 Å². The first-order valence-corrected chi connectivity index (χ1v) is 6.52. The lowest BCUT2D eigenvalue weighted by Crippen LogP contribution is -2.24. The molecule has 0 heterocycles. The van der Waals surface area contributed by atoms with Crippen molar-refractivity contribution < 1.29 is 10.0 Å². The highest BCUT2D eigenvalue weighted by atomic mass is 16.4. The quantitative estimate of drug-likeness (QED) is 0.337. The van der Waals surface area contributed by atoms with Crippen molar-refractivity contribution in [3.8, 4) is 0 Å². The van der Waals surface area contributed by atoms with Gasteiger partial charge in [0.2, 0.25) is 5.91 Å². The number of carbonyl (C=O) groups is 1. The smallest absolute Gasteiger partial charge is 0.227 e. The number of rotatable bonds is 3. The van der Waals surface area contributed by atoms with E-state index in [0.717, 1.165) is 31.2 Å². The molecule has 102 valence electrons. The van der Waals surface area contributed by atoms with Crippen molar-refractivity contribution in [3.05, 3.63) is 29.3 Å². The minimum Gasteiger partial charge on any atom is -0.409 e. The number of hydrogen-bond donors (Lipinski definition) is 3. The summed E-state index contributed by atoms with van der Waals surface area (Å²) in [7, 11) is 0. The molecule has 0 radical (unpaired) electrons.